The molecule has 78 valence electrons. The van der Waals surface area contributed by atoms with E-state index in [4.69, 9.17) is 11.5 Å². The van der Waals surface area contributed by atoms with Crippen LogP contribution in [-0.2, 0) is 4.79 Å². The van der Waals surface area contributed by atoms with Gasteiger partial charge < -0.3 is 11.5 Å². The van der Waals surface area contributed by atoms with Crippen LogP contribution in [0.2, 0.25) is 0 Å². The van der Waals surface area contributed by atoms with E-state index in [2.05, 4.69) is 11.8 Å². The van der Waals surface area contributed by atoms with Gasteiger partial charge in [-0.05, 0) is 12.1 Å². The van der Waals surface area contributed by atoms with Crippen molar-refractivity contribution in [1.82, 2.24) is 0 Å². The van der Waals surface area contributed by atoms with Gasteiger partial charge in [-0.3, -0.25) is 4.79 Å². The molecule has 0 bridgehead atoms. The van der Waals surface area contributed by atoms with Gasteiger partial charge in [0.1, 0.15) is 17.3 Å². The molecule has 1 rings (SSSR count). The van der Waals surface area contributed by atoms with Crippen LogP contribution in [0.1, 0.15) is 12.0 Å². The maximum Gasteiger partial charge on any atom is 0.229 e. The van der Waals surface area contributed by atoms with E-state index in [1.165, 1.54) is 0 Å². The fourth-order valence-electron chi connectivity index (χ4n) is 0.890. The number of carbonyl (C=O) groups is 1. The Bertz CT molecular complexity index is 437. The van der Waals surface area contributed by atoms with Crippen molar-refractivity contribution in [3.63, 3.8) is 0 Å². The topological polar surface area (TPSA) is 69.1 Å². The highest BCUT2D eigenvalue weighted by Gasteiger charge is 2.05. The molecule has 0 fully saturated rings. The molecule has 0 aliphatic rings. The summed E-state index contributed by atoms with van der Waals surface area (Å²) in [4.78, 5) is 10.3. The van der Waals surface area contributed by atoms with Gasteiger partial charge in [-0.1, -0.05) is 11.8 Å². The molecular formula is C10H8F2N2O. The summed E-state index contributed by atoms with van der Waals surface area (Å²) >= 11 is 0. The molecule has 0 saturated heterocycles. The van der Waals surface area contributed by atoms with Crippen LogP contribution < -0.4 is 11.5 Å². The average Bonchev–Trinajstić information content (AvgIpc) is 2.13. The zero-order valence-corrected chi connectivity index (χ0v) is 7.68. The molecule has 1 aromatic rings. The summed E-state index contributed by atoms with van der Waals surface area (Å²) in [6.07, 6.45) is -0.159. The monoisotopic (exact) mass is 210 g/mol. The first kappa shape index (κ1) is 11.0. The second kappa shape index (κ2) is 4.42. The second-order valence-electron chi connectivity index (χ2n) is 2.80. The smallest absolute Gasteiger partial charge is 0.229 e. The van der Waals surface area contributed by atoms with Gasteiger partial charge in [-0.15, -0.1) is 0 Å². The lowest BCUT2D eigenvalue weighted by atomic mass is 10.2. The molecule has 0 aromatic heterocycles. The highest BCUT2D eigenvalue weighted by atomic mass is 19.1. The zero-order valence-electron chi connectivity index (χ0n) is 7.68. The van der Waals surface area contributed by atoms with Crippen LogP contribution in [0.15, 0.2) is 12.1 Å². The predicted molar refractivity (Wildman–Crippen MR) is 51.5 cm³/mol. The highest BCUT2D eigenvalue weighted by molar-refractivity contribution is 5.76. The summed E-state index contributed by atoms with van der Waals surface area (Å²) < 4.78 is 25.8. The van der Waals surface area contributed by atoms with Crippen LogP contribution in [0, 0.1) is 23.5 Å². The number of hydrogen-bond acceptors (Lipinski definition) is 2. The van der Waals surface area contributed by atoms with Crippen LogP contribution in [0.3, 0.4) is 0 Å². The van der Waals surface area contributed by atoms with Gasteiger partial charge in [0.05, 0.1) is 6.42 Å². The number of benzene rings is 1. The third-order valence-electron chi connectivity index (χ3n) is 1.57. The lowest BCUT2D eigenvalue weighted by Gasteiger charge is -1.98. The number of halogens is 2. The van der Waals surface area contributed by atoms with Crippen molar-refractivity contribution in [1.29, 1.82) is 0 Å². The first-order valence-electron chi connectivity index (χ1n) is 4.02. The van der Waals surface area contributed by atoms with Crippen molar-refractivity contribution >= 4 is 11.6 Å². The summed E-state index contributed by atoms with van der Waals surface area (Å²) in [6, 6.07) is 1.98. The Morgan fingerprint density at radius 1 is 1.33 bits per heavy atom. The first-order chi connectivity index (χ1) is 7.00. The molecule has 0 aliphatic carbocycles. The summed E-state index contributed by atoms with van der Waals surface area (Å²) in [5.74, 6) is 2.42. The number of amides is 1. The molecule has 4 N–H and O–H groups in total. The largest absolute Gasteiger partial charge is 0.394 e. The molecule has 0 heterocycles. The number of nitrogens with two attached hydrogens (primary N) is 2. The van der Waals surface area contributed by atoms with Crippen LogP contribution in [0.5, 0.6) is 0 Å². The maximum atomic E-state index is 12.9. The van der Waals surface area contributed by atoms with E-state index in [1.54, 1.807) is 0 Å². The minimum absolute atomic E-state index is 0.112. The van der Waals surface area contributed by atoms with Gasteiger partial charge in [-0.2, -0.15) is 0 Å². The molecular weight excluding hydrogens is 202 g/mol. The zero-order chi connectivity index (χ0) is 11.4. The molecule has 1 amide bonds. The van der Waals surface area contributed by atoms with Crippen molar-refractivity contribution in [2.45, 2.75) is 6.42 Å². The number of primary amides is 1. The van der Waals surface area contributed by atoms with Crippen LogP contribution in [0.25, 0.3) is 0 Å². The first-order valence-corrected chi connectivity index (χ1v) is 4.02. The number of rotatable bonds is 1. The summed E-state index contributed by atoms with van der Waals surface area (Å²) in [6.45, 7) is 0. The van der Waals surface area contributed by atoms with Crippen molar-refractivity contribution in [2.75, 3.05) is 5.73 Å². The third kappa shape index (κ3) is 2.95. The fourth-order valence-corrected chi connectivity index (χ4v) is 0.890. The van der Waals surface area contributed by atoms with Gasteiger partial charge in [0.15, 0.2) is 0 Å². The number of carbonyl (C=O) groups excluding carboxylic acids is 1. The number of hydrogen-bond donors (Lipinski definition) is 2. The Morgan fingerprint density at radius 2 is 1.87 bits per heavy atom. The van der Waals surface area contributed by atoms with Gasteiger partial charge >= 0.3 is 0 Å². The molecule has 0 saturated carbocycles. The van der Waals surface area contributed by atoms with Gasteiger partial charge in [0.25, 0.3) is 0 Å². The lowest BCUT2D eigenvalue weighted by molar-refractivity contribution is -0.117. The minimum Gasteiger partial charge on any atom is -0.394 e. The van der Waals surface area contributed by atoms with Crippen molar-refractivity contribution in [3.05, 3.63) is 29.3 Å². The van der Waals surface area contributed by atoms with E-state index in [9.17, 15) is 13.6 Å². The molecule has 0 spiro atoms. The van der Waals surface area contributed by atoms with Crippen molar-refractivity contribution in [2.24, 2.45) is 5.73 Å². The Balaban J connectivity index is 2.95. The quantitative estimate of drug-likeness (QED) is 0.531. The molecule has 1 aromatic carbocycles. The Hall–Kier alpha value is -2.09. The van der Waals surface area contributed by atoms with E-state index < -0.39 is 23.2 Å². The van der Waals surface area contributed by atoms with E-state index in [0.29, 0.717) is 0 Å². The van der Waals surface area contributed by atoms with Crippen LogP contribution >= 0.6 is 0 Å². The summed E-state index contributed by atoms with van der Waals surface area (Å²) in [7, 11) is 0. The Morgan fingerprint density at radius 3 is 2.33 bits per heavy atom. The van der Waals surface area contributed by atoms with Gasteiger partial charge in [0, 0.05) is 5.56 Å². The van der Waals surface area contributed by atoms with Crippen LogP contribution in [-0.4, -0.2) is 5.91 Å². The maximum absolute atomic E-state index is 12.9. The summed E-state index contributed by atoms with van der Waals surface area (Å²) in [5.41, 5.74) is 9.45. The van der Waals surface area contributed by atoms with E-state index in [1.807, 2.05) is 0 Å². The highest BCUT2D eigenvalue weighted by Crippen LogP contribution is 2.16. The van der Waals surface area contributed by atoms with E-state index in [0.717, 1.165) is 12.1 Å². The molecule has 0 aliphatic heterocycles. The van der Waals surface area contributed by atoms with Crippen molar-refractivity contribution in [3.8, 4) is 11.8 Å². The SMILES string of the molecule is NC(=O)CC#Cc1cc(F)c(N)c(F)c1. The molecule has 0 radical (unpaired) electrons. The number of anilines is 1. The van der Waals surface area contributed by atoms with Gasteiger partial charge in [0.2, 0.25) is 5.91 Å². The third-order valence-corrected chi connectivity index (χ3v) is 1.57. The second-order valence-corrected chi connectivity index (χ2v) is 2.80. The van der Waals surface area contributed by atoms with Gasteiger partial charge in [-0.25, -0.2) is 8.78 Å². The molecule has 3 nitrogen and oxygen atoms in total. The molecule has 0 atom stereocenters. The minimum atomic E-state index is -0.877. The normalized spacial score (nSPS) is 9.20. The lowest BCUT2D eigenvalue weighted by Crippen LogP contribution is -2.08. The molecule has 15 heavy (non-hydrogen) atoms. The Labute approximate surface area is 85.1 Å². The average molecular weight is 210 g/mol. The van der Waals surface area contributed by atoms with Crippen LogP contribution in [0.4, 0.5) is 14.5 Å². The molecule has 0 unspecified atom stereocenters. The fraction of sp³-hybridized carbons (Fsp3) is 0.100. The molecule has 5 heteroatoms. The summed E-state index contributed by atoms with van der Waals surface area (Å²) in [5, 5.41) is 0. The van der Waals surface area contributed by atoms with Crippen molar-refractivity contribution < 1.29 is 13.6 Å². The van der Waals surface area contributed by atoms with E-state index >= 15 is 0 Å². The standard InChI is InChI=1S/C10H8F2N2O/c11-7-4-6(2-1-3-9(13)15)5-8(12)10(7)14/h4-5H,3,14H2,(H2,13,15). The Kier molecular flexibility index (Phi) is 3.24. The number of nitrogen functional groups attached to an aromatic ring is 1. The van der Waals surface area contributed by atoms with E-state index in [-0.39, 0.29) is 12.0 Å². The predicted octanol–water partition coefficient (Wildman–Crippen LogP) is 0.774.